The van der Waals surface area contributed by atoms with E-state index in [1.807, 2.05) is 43.3 Å². The second-order valence-corrected chi connectivity index (χ2v) is 8.66. The molecule has 0 aromatic heterocycles. The first-order chi connectivity index (χ1) is 14.9. The van der Waals surface area contributed by atoms with E-state index in [9.17, 15) is 10.1 Å². The number of carbonyl (C=O) groups is 1. The number of rotatable bonds is 6. The van der Waals surface area contributed by atoms with Crippen molar-refractivity contribution in [3.8, 4) is 11.8 Å². The molecule has 0 aliphatic carbocycles. The molecule has 4 nitrogen and oxygen atoms in total. The number of anilines is 1. The molecule has 1 N–H and O–H groups in total. The van der Waals surface area contributed by atoms with Gasteiger partial charge in [0.05, 0.1) is 3.57 Å². The number of para-hydroxylation sites is 1. The van der Waals surface area contributed by atoms with Crippen LogP contribution in [-0.2, 0) is 11.4 Å². The Hall–Kier alpha value is -2.53. The first-order valence-corrected chi connectivity index (χ1v) is 11.1. The smallest absolute Gasteiger partial charge is 0.266 e. The molecule has 0 aliphatic rings. The van der Waals surface area contributed by atoms with Crippen LogP contribution in [0.15, 0.2) is 66.2 Å². The van der Waals surface area contributed by atoms with Gasteiger partial charge in [0.25, 0.3) is 5.91 Å². The lowest BCUT2D eigenvalue weighted by Crippen LogP contribution is -2.14. The van der Waals surface area contributed by atoms with E-state index in [1.54, 1.807) is 36.4 Å². The highest BCUT2D eigenvalue weighted by Crippen LogP contribution is 2.27. The molecule has 3 aromatic carbocycles. The molecule has 0 spiro atoms. The third-order valence-electron chi connectivity index (χ3n) is 4.42. The Bertz CT molecular complexity index is 1200. The fourth-order valence-corrected chi connectivity index (χ4v) is 3.89. The Labute approximate surface area is 204 Å². The van der Waals surface area contributed by atoms with Crippen LogP contribution in [-0.4, -0.2) is 5.91 Å². The van der Waals surface area contributed by atoms with Crippen LogP contribution in [0, 0.1) is 21.8 Å². The predicted molar refractivity (Wildman–Crippen MR) is 133 cm³/mol. The van der Waals surface area contributed by atoms with Gasteiger partial charge in [-0.3, -0.25) is 4.79 Å². The number of nitrogens with one attached hydrogen (secondary N) is 1. The van der Waals surface area contributed by atoms with Crippen LogP contribution >= 0.6 is 45.8 Å². The average Bonchev–Trinajstić information content (AvgIpc) is 2.74. The minimum atomic E-state index is -0.454. The first kappa shape index (κ1) is 23.1. The van der Waals surface area contributed by atoms with Gasteiger partial charge in [-0.15, -0.1) is 0 Å². The maximum absolute atomic E-state index is 12.5. The zero-order chi connectivity index (χ0) is 22.4. The van der Waals surface area contributed by atoms with Crippen molar-refractivity contribution in [2.24, 2.45) is 0 Å². The summed E-state index contributed by atoms with van der Waals surface area (Å²) in [4.78, 5) is 12.5. The molecule has 0 aliphatic heterocycles. The molecule has 1 amide bonds. The third-order valence-corrected chi connectivity index (χ3v) is 5.85. The topological polar surface area (TPSA) is 62.1 Å². The maximum Gasteiger partial charge on any atom is 0.266 e. The van der Waals surface area contributed by atoms with Gasteiger partial charge in [-0.1, -0.05) is 53.5 Å². The molecular formula is C24H17Cl2IN2O2. The summed E-state index contributed by atoms with van der Waals surface area (Å²) in [6.07, 6.45) is 1.55. The van der Waals surface area contributed by atoms with Gasteiger partial charge >= 0.3 is 0 Å². The highest BCUT2D eigenvalue weighted by atomic mass is 127. The number of hydrogen-bond acceptors (Lipinski definition) is 3. The lowest BCUT2D eigenvalue weighted by atomic mass is 10.1. The Balaban J connectivity index is 1.73. The van der Waals surface area contributed by atoms with Gasteiger partial charge in [0.15, 0.2) is 0 Å². The Morgan fingerprint density at radius 3 is 2.61 bits per heavy atom. The van der Waals surface area contributed by atoms with Crippen LogP contribution < -0.4 is 10.1 Å². The van der Waals surface area contributed by atoms with Crippen molar-refractivity contribution in [2.45, 2.75) is 13.5 Å². The van der Waals surface area contributed by atoms with Gasteiger partial charge in [0.2, 0.25) is 0 Å². The number of nitrogens with zero attached hydrogens (tertiary/aromatic N) is 1. The lowest BCUT2D eigenvalue weighted by Gasteiger charge is -2.11. The number of aryl methyl sites for hydroxylation is 1. The van der Waals surface area contributed by atoms with Crippen LogP contribution in [0.25, 0.3) is 6.08 Å². The van der Waals surface area contributed by atoms with E-state index in [4.69, 9.17) is 27.9 Å². The van der Waals surface area contributed by atoms with Gasteiger partial charge in [-0.2, -0.15) is 5.26 Å². The molecule has 0 radical (unpaired) electrons. The fourth-order valence-electron chi connectivity index (χ4n) is 2.74. The summed E-state index contributed by atoms with van der Waals surface area (Å²) in [5.41, 5.74) is 3.15. The van der Waals surface area contributed by atoms with Gasteiger partial charge in [0, 0.05) is 21.3 Å². The van der Waals surface area contributed by atoms with Crippen LogP contribution in [0.3, 0.4) is 0 Å². The summed E-state index contributed by atoms with van der Waals surface area (Å²) in [6.45, 7) is 2.19. The largest absolute Gasteiger partial charge is 0.488 e. The number of halogens is 3. The van der Waals surface area contributed by atoms with E-state index in [0.717, 1.165) is 20.3 Å². The molecule has 0 fully saturated rings. The summed E-state index contributed by atoms with van der Waals surface area (Å²) in [6, 6.07) is 20.1. The SMILES string of the molecule is Cc1ccccc1NC(=O)/C(C#N)=C\c1ccc(OCc2ccc(Cl)cc2Cl)c(I)c1. The fraction of sp³-hybridized carbons (Fsp3) is 0.0833. The number of benzene rings is 3. The number of nitriles is 1. The Kier molecular flexibility index (Phi) is 7.97. The Morgan fingerprint density at radius 1 is 1.16 bits per heavy atom. The molecule has 0 atom stereocenters. The van der Waals surface area contributed by atoms with Crippen molar-refractivity contribution in [2.75, 3.05) is 5.32 Å². The predicted octanol–water partition coefficient (Wildman–Crippen LogP) is 7.03. The monoisotopic (exact) mass is 562 g/mol. The molecule has 3 aromatic rings. The zero-order valence-corrected chi connectivity index (χ0v) is 20.1. The van der Waals surface area contributed by atoms with Crippen molar-refractivity contribution in [3.05, 3.63) is 96.5 Å². The summed E-state index contributed by atoms with van der Waals surface area (Å²) < 4.78 is 6.71. The third kappa shape index (κ3) is 6.23. The zero-order valence-electron chi connectivity index (χ0n) is 16.5. The van der Waals surface area contributed by atoms with Gasteiger partial charge in [-0.05, 0) is 77.0 Å². The lowest BCUT2D eigenvalue weighted by molar-refractivity contribution is -0.112. The Morgan fingerprint density at radius 2 is 1.94 bits per heavy atom. The van der Waals surface area contributed by atoms with Gasteiger partial charge in [0.1, 0.15) is 24.0 Å². The van der Waals surface area contributed by atoms with E-state index in [0.29, 0.717) is 28.1 Å². The van der Waals surface area contributed by atoms with E-state index in [2.05, 4.69) is 27.9 Å². The highest BCUT2D eigenvalue weighted by molar-refractivity contribution is 14.1. The van der Waals surface area contributed by atoms with Crippen molar-refractivity contribution < 1.29 is 9.53 Å². The van der Waals surface area contributed by atoms with Crippen molar-refractivity contribution in [1.29, 1.82) is 5.26 Å². The molecule has 156 valence electrons. The van der Waals surface area contributed by atoms with Crippen molar-refractivity contribution in [1.82, 2.24) is 0 Å². The van der Waals surface area contributed by atoms with Crippen molar-refractivity contribution >= 4 is 63.5 Å². The molecule has 31 heavy (non-hydrogen) atoms. The summed E-state index contributed by atoms with van der Waals surface area (Å²) in [5, 5.41) is 13.3. The van der Waals surface area contributed by atoms with Crippen molar-refractivity contribution in [3.63, 3.8) is 0 Å². The quantitative estimate of drug-likeness (QED) is 0.199. The minimum Gasteiger partial charge on any atom is -0.488 e. The number of carbonyl (C=O) groups excluding carboxylic acids is 1. The molecule has 0 unspecified atom stereocenters. The molecule has 7 heteroatoms. The number of hydrogen-bond donors (Lipinski definition) is 1. The minimum absolute atomic E-state index is 0.0145. The van der Waals surface area contributed by atoms with Crippen LogP contribution in [0.2, 0.25) is 10.0 Å². The first-order valence-electron chi connectivity index (χ1n) is 9.22. The van der Waals surface area contributed by atoms with Gasteiger partial charge < -0.3 is 10.1 Å². The van der Waals surface area contributed by atoms with Crippen LogP contribution in [0.4, 0.5) is 5.69 Å². The molecule has 0 saturated carbocycles. The van der Waals surface area contributed by atoms with Crippen LogP contribution in [0.1, 0.15) is 16.7 Å². The molecule has 0 bridgehead atoms. The molecule has 3 rings (SSSR count). The second kappa shape index (κ2) is 10.7. The summed E-state index contributed by atoms with van der Waals surface area (Å²) >= 11 is 14.3. The standard InChI is InChI=1S/C24H17Cl2IN2O2/c1-15-4-2-3-5-22(15)29-24(30)18(13-28)10-16-6-9-23(21(27)11-16)31-14-17-7-8-19(25)12-20(17)26/h2-12H,14H2,1H3,(H,29,30)/b18-10-. The average molecular weight is 563 g/mol. The number of amides is 1. The van der Waals surface area contributed by atoms with Gasteiger partial charge in [-0.25, -0.2) is 0 Å². The summed E-state index contributed by atoms with van der Waals surface area (Å²) in [7, 11) is 0. The number of ether oxygens (including phenoxy) is 1. The van der Waals surface area contributed by atoms with E-state index >= 15 is 0 Å². The maximum atomic E-state index is 12.5. The van der Waals surface area contributed by atoms with E-state index < -0.39 is 5.91 Å². The highest BCUT2D eigenvalue weighted by Gasteiger charge is 2.12. The molecule has 0 saturated heterocycles. The summed E-state index contributed by atoms with van der Waals surface area (Å²) in [5.74, 6) is 0.219. The van der Waals surface area contributed by atoms with E-state index in [1.165, 1.54) is 0 Å². The molecule has 0 heterocycles. The molecular weight excluding hydrogens is 546 g/mol. The normalized spacial score (nSPS) is 11.0. The van der Waals surface area contributed by atoms with Crippen LogP contribution in [0.5, 0.6) is 5.75 Å². The van der Waals surface area contributed by atoms with E-state index in [-0.39, 0.29) is 5.57 Å². The second-order valence-electron chi connectivity index (χ2n) is 6.65.